The first kappa shape index (κ1) is 54.0. The van der Waals surface area contributed by atoms with Crippen LogP contribution in [0.3, 0.4) is 0 Å². The number of hydrogen-bond donors (Lipinski definition) is 0. The van der Waals surface area contributed by atoms with Gasteiger partial charge < -0.3 is 19.1 Å². The van der Waals surface area contributed by atoms with E-state index in [2.05, 4.69) is 72.6 Å². The van der Waals surface area contributed by atoms with E-state index in [9.17, 15) is 14.4 Å². The zero-order chi connectivity index (χ0) is 40.7. The molecule has 0 aromatic carbocycles. The summed E-state index contributed by atoms with van der Waals surface area (Å²) < 4.78 is 16.1. The van der Waals surface area contributed by atoms with Crippen LogP contribution in [0.4, 0.5) is 0 Å². The molecule has 0 fully saturated rings. The van der Waals surface area contributed by atoms with Crippen molar-refractivity contribution in [1.29, 1.82) is 0 Å². The first-order chi connectivity index (χ1) is 25.9. The highest BCUT2D eigenvalue weighted by molar-refractivity contribution is 5.69. The van der Waals surface area contributed by atoms with Crippen molar-refractivity contribution >= 4 is 17.9 Å². The van der Waals surface area contributed by atoms with E-state index in [1.54, 1.807) is 0 Å². The van der Waals surface area contributed by atoms with Crippen LogP contribution in [0.1, 0.15) is 216 Å². The van der Waals surface area contributed by atoms with Gasteiger partial charge in [0.25, 0.3) is 0 Å². The van der Waals surface area contributed by atoms with Crippen molar-refractivity contribution in [1.82, 2.24) is 4.90 Å². The molecule has 0 aromatic heterocycles. The molecule has 0 aliphatic heterocycles. The van der Waals surface area contributed by atoms with E-state index in [4.69, 9.17) is 14.2 Å². The Bertz CT molecular complexity index is 872. The van der Waals surface area contributed by atoms with Crippen LogP contribution < -0.4 is 0 Å². The molecule has 0 saturated heterocycles. The van der Waals surface area contributed by atoms with Crippen LogP contribution in [0.25, 0.3) is 0 Å². The zero-order valence-electron chi connectivity index (χ0n) is 37.2. The summed E-state index contributed by atoms with van der Waals surface area (Å²) in [5.41, 5.74) is 0.429. The van der Waals surface area contributed by atoms with Gasteiger partial charge in [0.15, 0.2) is 0 Å². The number of carbonyl (C=O) groups excluding carboxylic acids is 3. The molecule has 0 aliphatic carbocycles. The summed E-state index contributed by atoms with van der Waals surface area (Å²) in [4.78, 5) is 37.7. The molecule has 1 atom stereocenters. The average Bonchev–Trinajstić information content (AvgIpc) is 3.11. The number of hydrogen-bond acceptors (Lipinski definition) is 7. The second-order valence-corrected chi connectivity index (χ2v) is 16.6. The Balaban J connectivity index is 0. The second kappa shape index (κ2) is 39.1. The van der Waals surface area contributed by atoms with Gasteiger partial charge in [-0.3, -0.25) is 14.4 Å². The molecular weight excluding hydrogens is 675 g/mol. The smallest absolute Gasteiger partial charge is 0.306 e. The molecular formula is C47H89NO6. The van der Waals surface area contributed by atoms with Gasteiger partial charge in [0.2, 0.25) is 0 Å². The highest BCUT2D eigenvalue weighted by atomic mass is 16.5. The van der Waals surface area contributed by atoms with E-state index >= 15 is 0 Å². The van der Waals surface area contributed by atoms with Gasteiger partial charge >= 0.3 is 17.9 Å². The number of nitrogens with zero attached hydrogens (tertiary/aromatic N) is 1. The first-order valence-corrected chi connectivity index (χ1v) is 22.3. The van der Waals surface area contributed by atoms with Crippen LogP contribution in [-0.4, -0.2) is 61.8 Å². The van der Waals surface area contributed by atoms with Gasteiger partial charge in [-0.2, -0.15) is 0 Å². The predicted octanol–water partition coefficient (Wildman–Crippen LogP) is 13.3. The van der Waals surface area contributed by atoms with Gasteiger partial charge in [-0.25, -0.2) is 0 Å². The lowest BCUT2D eigenvalue weighted by Crippen LogP contribution is -2.35. The Morgan fingerprint density at radius 1 is 0.593 bits per heavy atom. The van der Waals surface area contributed by atoms with E-state index in [-0.39, 0.29) is 24.0 Å². The Morgan fingerprint density at radius 2 is 1.00 bits per heavy atom. The summed E-state index contributed by atoms with van der Waals surface area (Å²) in [6.07, 6.45) is 34.4. The number of carbonyl (C=O) groups is 3. The Hall–Kier alpha value is -2.15. The molecule has 0 heterocycles. The molecule has 7 nitrogen and oxygen atoms in total. The molecule has 0 N–H and O–H groups in total. The van der Waals surface area contributed by atoms with Gasteiger partial charge in [-0.15, -0.1) is 0 Å². The maximum absolute atomic E-state index is 11.9. The van der Waals surface area contributed by atoms with E-state index in [1.165, 1.54) is 71.3 Å². The Labute approximate surface area is 335 Å². The lowest BCUT2D eigenvalue weighted by Gasteiger charge is -2.30. The van der Waals surface area contributed by atoms with Gasteiger partial charge in [0, 0.05) is 32.4 Å². The quantitative estimate of drug-likeness (QED) is 0.0279. The Kier molecular flexibility index (Phi) is 39.1. The van der Waals surface area contributed by atoms with Crippen LogP contribution in [0.2, 0.25) is 0 Å². The van der Waals surface area contributed by atoms with Crippen molar-refractivity contribution in [2.24, 2.45) is 5.41 Å². The van der Waals surface area contributed by atoms with Crippen LogP contribution in [-0.2, 0) is 28.6 Å². The van der Waals surface area contributed by atoms with E-state index in [1.807, 2.05) is 12.2 Å². The molecule has 0 aliphatic rings. The molecule has 54 heavy (non-hydrogen) atoms. The lowest BCUT2D eigenvalue weighted by molar-refractivity contribution is -0.147. The maximum atomic E-state index is 11.9. The maximum Gasteiger partial charge on any atom is 0.306 e. The summed E-state index contributed by atoms with van der Waals surface area (Å²) in [7, 11) is 2.21. The molecule has 0 rings (SSSR count). The van der Waals surface area contributed by atoms with Crippen molar-refractivity contribution in [2.45, 2.75) is 228 Å². The zero-order valence-corrected chi connectivity index (χ0v) is 37.2. The highest BCUT2D eigenvalue weighted by Crippen LogP contribution is 2.18. The summed E-state index contributed by atoms with van der Waals surface area (Å²) in [5.74, 6) is -0.428. The molecule has 0 amide bonds. The second-order valence-electron chi connectivity index (χ2n) is 16.6. The minimum atomic E-state index is -0.209. The number of ether oxygens (including phenoxy) is 3. The van der Waals surface area contributed by atoms with E-state index < -0.39 is 0 Å². The van der Waals surface area contributed by atoms with Crippen LogP contribution in [0.15, 0.2) is 24.3 Å². The molecule has 0 bridgehead atoms. The fourth-order valence-corrected chi connectivity index (χ4v) is 6.23. The van der Waals surface area contributed by atoms with Gasteiger partial charge in [-0.05, 0) is 90.0 Å². The molecule has 318 valence electrons. The fourth-order valence-electron chi connectivity index (χ4n) is 6.23. The predicted molar refractivity (Wildman–Crippen MR) is 230 cm³/mol. The third kappa shape index (κ3) is 42.6. The third-order valence-electron chi connectivity index (χ3n) is 9.68. The topological polar surface area (TPSA) is 82.1 Å². The summed E-state index contributed by atoms with van der Waals surface area (Å²) in [6, 6.07) is 0.717. The van der Waals surface area contributed by atoms with Gasteiger partial charge in [0.05, 0.1) is 0 Å². The minimum Gasteiger partial charge on any atom is -0.463 e. The van der Waals surface area contributed by atoms with E-state index in [0.717, 1.165) is 89.9 Å². The number of unbranched alkanes of at least 4 members (excludes halogenated alkanes) is 16. The molecule has 1 unspecified atom stereocenters. The molecule has 0 saturated carbocycles. The SMILES string of the molecule is CCC(C)N(C)CC(C)(C)C.CCCCCC/C=C\COC(=O)CCCCCCCC(CCCCCCCC(=O)OC/C=C\CCCCCC)OC(C)=O. The number of rotatable bonds is 34. The number of allylic oxidation sites excluding steroid dienone is 2. The van der Waals surface area contributed by atoms with Crippen molar-refractivity contribution in [3.05, 3.63) is 24.3 Å². The summed E-state index contributed by atoms with van der Waals surface area (Å²) in [5, 5.41) is 0. The Morgan fingerprint density at radius 3 is 1.39 bits per heavy atom. The van der Waals surface area contributed by atoms with E-state index in [0.29, 0.717) is 37.5 Å². The highest BCUT2D eigenvalue weighted by Gasteiger charge is 2.16. The number of esters is 3. The summed E-state index contributed by atoms with van der Waals surface area (Å²) >= 11 is 0. The van der Waals surface area contributed by atoms with Gasteiger partial charge in [0.1, 0.15) is 19.3 Å². The van der Waals surface area contributed by atoms with Crippen molar-refractivity contribution in [3.63, 3.8) is 0 Å². The monoisotopic (exact) mass is 764 g/mol. The normalized spacial score (nSPS) is 12.4. The lowest BCUT2D eigenvalue weighted by atomic mass is 9.95. The van der Waals surface area contributed by atoms with Crippen molar-refractivity contribution in [3.8, 4) is 0 Å². The standard InChI is InChI=1S/C37H66O6.C10H23N/c1-4-6-8-10-12-20-26-32-41-36(39)30-24-18-14-16-22-28-35(43-34(3)38)29-23-17-15-19-25-31-37(40)42-33-27-21-13-11-9-7-5-2;1-7-9(2)11(6)8-10(3,4)5/h20-21,26-27,35H,4-19,22-25,28-33H2,1-3H3;9H,7-8H2,1-6H3/b26-20-,27-21-;. The molecule has 0 aromatic rings. The van der Waals surface area contributed by atoms with Crippen molar-refractivity contribution < 1.29 is 28.6 Å². The average molecular weight is 764 g/mol. The van der Waals surface area contributed by atoms with Gasteiger partial charge in [-0.1, -0.05) is 143 Å². The fraction of sp³-hybridized carbons (Fsp3) is 0.851. The molecule has 7 heteroatoms. The first-order valence-electron chi connectivity index (χ1n) is 22.3. The molecule has 0 radical (unpaired) electrons. The largest absolute Gasteiger partial charge is 0.463 e. The summed E-state index contributed by atoms with van der Waals surface area (Å²) in [6.45, 7) is 19.2. The minimum absolute atomic E-state index is 0.0122. The molecule has 0 spiro atoms. The third-order valence-corrected chi connectivity index (χ3v) is 9.68. The van der Waals surface area contributed by atoms with Crippen LogP contribution in [0.5, 0.6) is 0 Å². The van der Waals surface area contributed by atoms with Crippen LogP contribution >= 0.6 is 0 Å². The van der Waals surface area contributed by atoms with Crippen molar-refractivity contribution in [2.75, 3.05) is 26.8 Å². The van der Waals surface area contributed by atoms with Crippen LogP contribution in [0, 0.1) is 5.41 Å².